The molecule has 0 saturated heterocycles. The third-order valence-electron chi connectivity index (χ3n) is 5.49. The first-order valence-corrected chi connectivity index (χ1v) is 9.43. The Balaban J connectivity index is 0.00000243. The number of benzene rings is 1. The first-order chi connectivity index (χ1) is 12.1. The summed E-state index contributed by atoms with van der Waals surface area (Å²) in [6, 6.07) is 8.75. The van der Waals surface area contributed by atoms with E-state index in [0.29, 0.717) is 18.5 Å². The highest BCUT2D eigenvalue weighted by atomic mass is 127. The first kappa shape index (κ1) is 21.0. The lowest BCUT2D eigenvalue weighted by atomic mass is 9.81. The minimum atomic E-state index is 0. The van der Waals surface area contributed by atoms with Crippen molar-refractivity contribution in [2.24, 2.45) is 10.9 Å². The number of fused-ring (bicyclic) bond motifs is 2. The third kappa shape index (κ3) is 4.15. The molecule has 6 heteroatoms. The van der Waals surface area contributed by atoms with Gasteiger partial charge in [-0.1, -0.05) is 44.9 Å². The summed E-state index contributed by atoms with van der Waals surface area (Å²) in [5, 5.41) is 6.36. The first-order valence-electron chi connectivity index (χ1n) is 9.43. The number of para-hydroxylation sites is 1. The van der Waals surface area contributed by atoms with Crippen molar-refractivity contribution >= 4 is 41.5 Å². The van der Waals surface area contributed by atoms with Gasteiger partial charge < -0.3 is 15.5 Å². The van der Waals surface area contributed by atoms with Gasteiger partial charge in [-0.25, -0.2) is 0 Å². The highest BCUT2D eigenvalue weighted by Gasteiger charge is 2.45. The smallest absolute Gasteiger partial charge is 0.222 e. The molecule has 0 radical (unpaired) electrons. The Morgan fingerprint density at radius 1 is 1.19 bits per heavy atom. The van der Waals surface area contributed by atoms with Gasteiger partial charge in [0, 0.05) is 43.7 Å². The Hall–Kier alpha value is -1.31. The molecule has 2 aliphatic rings. The van der Waals surface area contributed by atoms with Crippen molar-refractivity contribution < 1.29 is 4.79 Å². The minimum absolute atomic E-state index is 0. The maximum Gasteiger partial charge on any atom is 0.222 e. The highest BCUT2D eigenvalue weighted by molar-refractivity contribution is 14.0. The van der Waals surface area contributed by atoms with Crippen molar-refractivity contribution in [1.29, 1.82) is 0 Å². The van der Waals surface area contributed by atoms with Gasteiger partial charge in [-0.05, 0) is 24.5 Å². The number of nitrogens with zero attached hydrogens (tertiary/aromatic N) is 2. The summed E-state index contributed by atoms with van der Waals surface area (Å²) in [6.45, 7) is 6.10. The van der Waals surface area contributed by atoms with E-state index in [-0.39, 0.29) is 35.8 Å². The zero-order valence-electron chi connectivity index (χ0n) is 16.0. The maximum absolute atomic E-state index is 11.7. The number of carbonyl (C=O) groups excluding carboxylic acids is 1. The number of hydrogen-bond acceptors (Lipinski definition) is 2. The molecule has 3 rings (SSSR count). The molecule has 0 atom stereocenters. The topological polar surface area (TPSA) is 56.7 Å². The SMILES string of the molecule is CN=C(NCCNC(=O)C(C)C)N1CC2(CCCC2)c2ccccc21.I. The second kappa shape index (κ2) is 9.06. The lowest BCUT2D eigenvalue weighted by Gasteiger charge is -2.26. The number of aliphatic imine (C=N–C) groups is 1. The van der Waals surface area contributed by atoms with Crippen LogP contribution >= 0.6 is 24.0 Å². The summed E-state index contributed by atoms with van der Waals surface area (Å²) in [5.41, 5.74) is 3.05. The fourth-order valence-electron chi connectivity index (χ4n) is 4.16. The lowest BCUT2D eigenvalue weighted by molar-refractivity contribution is -0.123. The van der Waals surface area contributed by atoms with Crippen LogP contribution in [-0.2, 0) is 10.2 Å². The summed E-state index contributed by atoms with van der Waals surface area (Å²) in [6.07, 6.45) is 5.16. The van der Waals surface area contributed by atoms with Crippen molar-refractivity contribution in [1.82, 2.24) is 10.6 Å². The van der Waals surface area contributed by atoms with Crippen LogP contribution in [0.4, 0.5) is 5.69 Å². The Bertz CT molecular complexity index is 653. The van der Waals surface area contributed by atoms with Gasteiger partial charge in [-0.3, -0.25) is 9.79 Å². The molecule has 144 valence electrons. The molecule has 26 heavy (non-hydrogen) atoms. The predicted octanol–water partition coefficient (Wildman–Crippen LogP) is 3.28. The second-order valence-corrected chi connectivity index (χ2v) is 7.51. The fraction of sp³-hybridized carbons (Fsp3) is 0.600. The molecule has 0 bridgehead atoms. The van der Waals surface area contributed by atoms with Gasteiger partial charge in [-0.15, -0.1) is 24.0 Å². The van der Waals surface area contributed by atoms with Gasteiger partial charge in [0.05, 0.1) is 0 Å². The van der Waals surface area contributed by atoms with Gasteiger partial charge in [-0.2, -0.15) is 0 Å². The fourth-order valence-corrected chi connectivity index (χ4v) is 4.16. The predicted molar refractivity (Wildman–Crippen MR) is 119 cm³/mol. The molecule has 1 amide bonds. The zero-order chi connectivity index (χ0) is 17.9. The molecule has 1 heterocycles. The van der Waals surface area contributed by atoms with Crippen LogP contribution in [0.3, 0.4) is 0 Å². The van der Waals surface area contributed by atoms with E-state index < -0.39 is 0 Å². The molecule has 1 aliphatic heterocycles. The van der Waals surface area contributed by atoms with Crippen molar-refractivity contribution in [3.05, 3.63) is 29.8 Å². The molecule has 1 aliphatic carbocycles. The molecular formula is C20H31IN4O. The van der Waals surface area contributed by atoms with Crippen LogP contribution in [0, 0.1) is 5.92 Å². The quantitative estimate of drug-likeness (QED) is 0.308. The molecule has 2 N–H and O–H groups in total. The average Bonchev–Trinajstić information content (AvgIpc) is 3.21. The molecule has 1 aromatic carbocycles. The molecule has 1 fully saturated rings. The molecule has 0 aromatic heterocycles. The lowest BCUT2D eigenvalue weighted by Crippen LogP contribution is -2.46. The van der Waals surface area contributed by atoms with Gasteiger partial charge >= 0.3 is 0 Å². The summed E-state index contributed by atoms with van der Waals surface area (Å²) < 4.78 is 0. The number of halogens is 1. The van der Waals surface area contributed by atoms with E-state index in [2.05, 4.69) is 44.8 Å². The molecular weight excluding hydrogens is 439 g/mol. The summed E-state index contributed by atoms with van der Waals surface area (Å²) in [5.74, 6) is 1.01. The van der Waals surface area contributed by atoms with E-state index in [1.807, 2.05) is 20.9 Å². The Kier molecular flexibility index (Phi) is 7.32. The largest absolute Gasteiger partial charge is 0.354 e. The number of hydrogen-bond donors (Lipinski definition) is 2. The number of carbonyl (C=O) groups is 1. The number of anilines is 1. The normalized spacial score (nSPS) is 18.0. The molecule has 0 unspecified atom stereocenters. The molecule has 1 saturated carbocycles. The van der Waals surface area contributed by atoms with Crippen molar-refractivity contribution in [2.45, 2.75) is 44.9 Å². The number of nitrogens with one attached hydrogen (secondary N) is 2. The second-order valence-electron chi connectivity index (χ2n) is 7.51. The van der Waals surface area contributed by atoms with Gasteiger partial charge in [0.25, 0.3) is 0 Å². The Morgan fingerprint density at radius 2 is 1.85 bits per heavy atom. The van der Waals surface area contributed by atoms with Gasteiger partial charge in [0.1, 0.15) is 0 Å². The number of guanidine groups is 1. The van der Waals surface area contributed by atoms with Gasteiger partial charge in [0.2, 0.25) is 5.91 Å². The monoisotopic (exact) mass is 470 g/mol. The van der Waals surface area contributed by atoms with Crippen LogP contribution in [0.1, 0.15) is 45.1 Å². The van der Waals surface area contributed by atoms with Crippen molar-refractivity contribution in [3.8, 4) is 0 Å². The highest BCUT2D eigenvalue weighted by Crippen LogP contribution is 2.50. The summed E-state index contributed by atoms with van der Waals surface area (Å²) in [4.78, 5) is 18.5. The van der Waals surface area contributed by atoms with Gasteiger partial charge in [0.15, 0.2) is 5.96 Å². The van der Waals surface area contributed by atoms with E-state index in [1.54, 1.807) is 0 Å². The summed E-state index contributed by atoms with van der Waals surface area (Å²) in [7, 11) is 1.83. The third-order valence-corrected chi connectivity index (χ3v) is 5.49. The molecule has 1 aromatic rings. The van der Waals surface area contributed by atoms with E-state index in [4.69, 9.17) is 0 Å². The van der Waals surface area contributed by atoms with Crippen molar-refractivity contribution in [3.63, 3.8) is 0 Å². The standard InChI is InChI=1S/C20H30N4O.HI/c1-15(2)18(25)22-12-13-23-19(21-3)24-14-20(10-6-7-11-20)16-8-4-5-9-17(16)24;/h4-5,8-9,15H,6-7,10-14H2,1-3H3,(H,21,23)(H,22,25);1H. The van der Waals surface area contributed by atoms with E-state index >= 15 is 0 Å². The zero-order valence-corrected chi connectivity index (χ0v) is 18.4. The Morgan fingerprint density at radius 3 is 2.50 bits per heavy atom. The van der Waals surface area contributed by atoms with E-state index in [1.165, 1.54) is 36.9 Å². The Labute approximate surface area is 174 Å². The molecule has 1 spiro atoms. The van der Waals surface area contributed by atoms with Crippen molar-refractivity contribution in [2.75, 3.05) is 31.6 Å². The molecule has 5 nitrogen and oxygen atoms in total. The summed E-state index contributed by atoms with van der Waals surface area (Å²) >= 11 is 0. The van der Waals surface area contributed by atoms with Crippen LogP contribution in [0.2, 0.25) is 0 Å². The minimum Gasteiger partial charge on any atom is -0.354 e. The van der Waals surface area contributed by atoms with E-state index in [9.17, 15) is 4.79 Å². The van der Waals surface area contributed by atoms with E-state index in [0.717, 1.165) is 12.5 Å². The number of rotatable bonds is 4. The number of amides is 1. The van der Waals surface area contributed by atoms with Crippen LogP contribution < -0.4 is 15.5 Å². The van der Waals surface area contributed by atoms with Crippen LogP contribution in [-0.4, -0.2) is 38.5 Å². The van der Waals surface area contributed by atoms with Crippen LogP contribution in [0.15, 0.2) is 29.3 Å². The average molecular weight is 470 g/mol. The van der Waals surface area contributed by atoms with Crippen LogP contribution in [0.25, 0.3) is 0 Å². The maximum atomic E-state index is 11.7. The van der Waals surface area contributed by atoms with Crippen LogP contribution in [0.5, 0.6) is 0 Å².